The Morgan fingerprint density at radius 2 is 1.26 bits per heavy atom. The summed E-state index contributed by atoms with van der Waals surface area (Å²) in [5.41, 5.74) is 1.17. The Labute approximate surface area is 223 Å². The van der Waals surface area contributed by atoms with Crippen molar-refractivity contribution in [3.63, 3.8) is 0 Å². The third-order valence-electron chi connectivity index (χ3n) is 6.19. The van der Waals surface area contributed by atoms with E-state index in [1.54, 1.807) is 25.1 Å². The summed E-state index contributed by atoms with van der Waals surface area (Å²) in [7, 11) is 0. The van der Waals surface area contributed by atoms with Crippen LogP contribution < -0.4 is 4.90 Å². The number of amides is 3. The number of rotatable bonds is 3. The predicted molar refractivity (Wildman–Crippen MR) is 134 cm³/mol. The molecule has 0 bridgehead atoms. The molecule has 0 spiro atoms. The van der Waals surface area contributed by atoms with E-state index < -0.39 is 35.6 Å². The molecule has 0 radical (unpaired) electrons. The van der Waals surface area contributed by atoms with Crippen LogP contribution in [-0.2, 0) is 4.79 Å². The van der Waals surface area contributed by atoms with Crippen LogP contribution >= 0.6 is 58.0 Å². The first kappa shape index (κ1) is 24.3. The second-order valence-corrected chi connectivity index (χ2v) is 9.94. The Bertz CT molecular complexity index is 1410. The van der Waals surface area contributed by atoms with Crippen molar-refractivity contribution in [3.05, 3.63) is 95.6 Å². The van der Waals surface area contributed by atoms with Gasteiger partial charge in [-0.1, -0.05) is 76.2 Å². The van der Waals surface area contributed by atoms with E-state index in [0.29, 0.717) is 21.8 Å². The van der Waals surface area contributed by atoms with E-state index in [1.807, 2.05) is 0 Å². The number of hydrogen-bond donors (Lipinski definition) is 0. The van der Waals surface area contributed by atoms with Crippen molar-refractivity contribution in [1.82, 2.24) is 4.90 Å². The molecule has 1 saturated heterocycles. The molecule has 0 aliphatic carbocycles. The summed E-state index contributed by atoms with van der Waals surface area (Å²) >= 11 is 31.0. The zero-order valence-corrected chi connectivity index (χ0v) is 21.4. The number of fused-ring (bicyclic) bond motifs is 1. The van der Waals surface area contributed by atoms with Crippen molar-refractivity contribution in [2.24, 2.45) is 0 Å². The van der Waals surface area contributed by atoms with Crippen LogP contribution in [0.25, 0.3) is 0 Å². The summed E-state index contributed by atoms with van der Waals surface area (Å²) in [6.45, 7) is 1.74. The molecule has 0 N–H and O–H groups in total. The fourth-order valence-electron chi connectivity index (χ4n) is 4.46. The summed E-state index contributed by atoms with van der Waals surface area (Å²) in [6.07, 6.45) is 0. The quantitative estimate of drug-likeness (QED) is 0.145. The average Bonchev–Trinajstić information content (AvgIpc) is 3.08. The van der Waals surface area contributed by atoms with Crippen LogP contribution in [0.5, 0.6) is 0 Å². The van der Waals surface area contributed by atoms with E-state index in [-0.39, 0.29) is 31.2 Å². The monoisotopic (exact) mass is 570 g/mol. The third-order valence-corrected chi connectivity index (χ3v) is 8.40. The number of benzene rings is 3. The van der Waals surface area contributed by atoms with Crippen molar-refractivity contribution < 1.29 is 18.8 Å². The zero-order valence-electron chi connectivity index (χ0n) is 17.6. The Balaban J connectivity index is 1.65. The van der Waals surface area contributed by atoms with E-state index in [9.17, 15) is 18.8 Å². The molecule has 1 fully saturated rings. The maximum absolute atomic E-state index is 13.7. The van der Waals surface area contributed by atoms with Crippen molar-refractivity contribution in [1.29, 1.82) is 0 Å². The van der Waals surface area contributed by atoms with Crippen molar-refractivity contribution in [2.45, 2.75) is 19.0 Å². The molecule has 35 heavy (non-hydrogen) atoms. The summed E-state index contributed by atoms with van der Waals surface area (Å²) in [5.74, 6) is -2.68. The van der Waals surface area contributed by atoms with Crippen LogP contribution in [0.3, 0.4) is 0 Å². The molecule has 0 aromatic heterocycles. The number of nitrogens with zero attached hydrogens (tertiary/aromatic N) is 2. The van der Waals surface area contributed by atoms with Gasteiger partial charge in [-0.3, -0.25) is 19.3 Å². The molecule has 5 nitrogen and oxygen atoms in total. The van der Waals surface area contributed by atoms with Crippen LogP contribution in [0, 0.1) is 12.7 Å². The molecule has 3 amide bonds. The lowest BCUT2D eigenvalue weighted by molar-refractivity contribution is -0.130. The summed E-state index contributed by atoms with van der Waals surface area (Å²) in [5, 5.41) is -0.383. The smallest absolute Gasteiger partial charge is 0.264 e. The summed E-state index contributed by atoms with van der Waals surface area (Å²) in [4.78, 5) is 42.6. The Hall–Kier alpha value is -2.35. The number of anilines is 1. The largest absolute Gasteiger partial charge is 0.300 e. The predicted octanol–water partition coefficient (Wildman–Crippen LogP) is 7.15. The minimum absolute atomic E-state index is 0.175. The van der Waals surface area contributed by atoms with E-state index in [1.165, 1.54) is 29.2 Å². The van der Waals surface area contributed by atoms with Crippen LogP contribution in [0.15, 0.2) is 42.5 Å². The van der Waals surface area contributed by atoms with Crippen molar-refractivity contribution >= 4 is 81.4 Å². The van der Waals surface area contributed by atoms with Crippen molar-refractivity contribution in [3.8, 4) is 0 Å². The number of hydrogen-bond acceptors (Lipinski definition) is 3. The Morgan fingerprint density at radius 3 is 1.80 bits per heavy atom. The van der Waals surface area contributed by atoms with Gasteiger partial charge >= 0.3 is 0 Å². The molecule has 3 aromatic rings. The van der Waals surface area contributed by atoms with Gasteiger partial charge in [0.25, 0.3) is 17.7 Å². The Morgan fingerprint density at radius 1 is 0.714 bits per heavy atom. The number of carbonyl (C=O) groups is 3. The first-order valence-corrected chi connectivity index (χ1v) is 12.0. The molecule has 11 heteroatoms. The first-order chi connectivity index (χ1) is 16.6. The van der Waals surface area contributed by atoms with E-state index in [2.05, 4.69) is 0 Å². The van der Waals surface area contributed by atoms with E-state index in [0.717, 1.165) is 4.90 Å². The second-order valence-electron chi connectivity index (χ2n) is 8.02. The third kappa shape index (κ3) is 3.46. The molecule has 2 aliphatic heterocycles. The fourth-order valence-corrected chi connectivity index (χ4v) is 5.65. The number of imide groups is 1. The molecule has 5 rings (SSSR count). The molecule has 3 aromatic carbocycles. The maximum Gasteiger partial charge on any atom is 0.264 e. The van der Waals surface area contributed by atoms with Gasteiger partial charge < -0.3 is 4.90 Å². The standard InChI is InChI=1S/C24H12Cl5FN2O3/c1-9-12(25)3-2-4-13(9)31-20(10-5-7-11(30)8-6-10)21(24(31)35)32-22(33)14-15(23(32)34)17(27)19(29)18(28)16(14)26/h2-8,20-21H,1H3/t20-,21-/m1/s1. The SMILES string of the molecule is Cc1c(Cl)cccc1N1C(=O)[C@H](N2C(=O)c3c(Cl)c(Cl)c(Cl)c(Cl)c3C2=O)[C@H]1c1ccc(F)cc1. The van der Waals surface area contributed by atoms with Gasteiger partial charge in [0, 0.05) is 10.7 Å². The van der Waals surface area contributed by atoms with Gasteiger partial charge in [-0.2, -0.15) is 0 Å². The van der Waals surface area contributed by atoms with Crippen LogP contribution in [-0.4, -0.2) is 28.7 Å². The molecule has 2 atom stereocenters. The summed E-state index contributed by atoms with van der Waals surface area (Å²) in [6, 6.07) is 8.40. The van der Waals surface area contributed by atoms with Crippen molar-refractivity contribution in [2.75, 3.05) is 4.90 Å². The van der Waals surface area contributed by atoms with Crippen LogP contribution in [0.2, 0.25) is 25.1 Å². The lowest BCUT2D eigenvalue weighted by Crippen LogP contribution is -2.67. The summed E-state index contributed by atoms with van der Waals surface area (Å²) < 4.78 is 13.7. The van der Waals surface area contributed by atoms with Gasteiger partial charge in [0.05, 0.1) is 37.3 Å². The van der Waals surface area contributed by atoms with Gasteiger partial charge in [-0.05, 0) is 42.3 Å². The van der Waals surface area contributed by atoms with E-state index in [4.69, 9.17) is 58.0 Å². The highest BCUT2D eigenvalue weighted by Crippen LogP contribution is 2.49. The lowest BCUT2D eigenvalue weighted by Gasteiger charge is -2.50. The minimum atomic E-state index is -1.25. The van der Waals surface area contributed by atoms with E-state index >= 15 is 0 Å². The molecule has 2 heterocycles. The minimum Gasteiger partial charge on any atom is -0.300 e. The topological polar surface area (TPSA) is 57.7 Å². The number of halogens is 6. The van der Waals surface area contributed by atoms with Gasteiger partial charge in [-0.25, -0.2) is 4.39 Å². The van der Waals surface area contributed by atoms with Gasteiger partial charge in [-0.15, -0.1) is 0 Å². The molecular weight excluding hydrogens is 561 g/mol. The zero-order chi connectivity index (χ0) is 25.3. The molecular formula is C24H12Cl5FN2O3. The van der Waals surface area contributed by atoms with Gasteiger partial charge in [0.1, 0.15) is 11.9 Å². The molecule has 0 saturated carbocycles. The van der Waals surface area contributed by atoms with Gasteiger partial charge in [0.2, 0.25) is 0 Å². The number of carbonyl (C=O) groups excluding carboxylic acids is 3. The normalized spacial score (nSPS) is 19.3. The maximum atomic E-state index is 13.7. The Kier molecular flexibility index (Phi) is 6.01. The molecule has 0 unspecified atom stereocenters. The lowest BCUT2D eigenvalue weighted by atomic mass is 9.85. The highest BCUT2D eigenvalue weighted by molar-refractivity contribution is 6.55. The molecule has 178 valence electrons. The second kappa shape index (κ2) is 8.64. The molecule has 2 aliphatic rings. The average molecular weight is 573 g/mol. The highest BCUT2D eigenvalue weighted by atomic mass is 35.5. The van der Waals surface area contributed by atoms with Gasteiger partial charge in [0.15, 0.2) is 0 Å². The fraction of sp³-hybridized carbons (Fsp3) is 0.125. The highest BCUT2D eigenvalue weighted by Gasteiger charge is 2.58. The van der Waals surface area contributed by atoms with Crippen LogP contribution in [0.1, 0.15) is 37.9 Å². The number of β-lactam (4-membered cyclic amide) rings is 1. The van der Waals surface area contributed by atoms with Crippen LogP contribution in [0.4, 0.5) is 10.1 Å². The first-order valence-electron chi connectivity index (χ1n) is 10.1.